The Kier molecular flexibility index (Phi) is 1.23. The number of rotatable bonds is 0. The number of hydrogen-bond acceptors (Lipinski definition) is 6. The molecule has 2 aromatic rings. The molecule has 0 aliphatic carbocycles. The third-order valence-electron chi connectivity index (χ3n) is 1.25. The molecule has 7 heteroatoms. The van der Waals surface area contributed by atoms with E-state index >= 15 is 0 Å². The van der Waals surface area contributed by atoms with Crippen LogP contribution in [0.4, 0.5) is 0 Å². The van der Waals surface area contributed by atoms with Crippen LogP contribution in [0.3, 0.4) is 0 Å². The Morgan fingerprint density at radius 1 is 1.42 bits per heavy atom. The number of nitrogens with one attached hydrogen (secondary N) is 1. The van der Waals surface area contributed by atoms with E-state index in [4.69, 9.17) is 0 Å². The van der Waals surface area contributed by atoms with Gasteiger partial charge in [-0.1, -0.05) is 5.10 Å². The Morgan fingerprint density at radius 3 is 3.08 bits per heavy atom. The smallest absolute Gasteiger partial charge is 0.322 e. The Labute approximate surface area is 64.0 Å². The van der Waals surface area contributed by atoms with Gasteiger partial charge in [0.15, 0.2) is 11.1 Å². The highest BCUT2D eigenvalue weighted by Gasteiger charge is 2.03. The first-order valence-electron chi connectivity index (χ1n) is 2.99. The molecule has 2 rings (SSSR count). The highest BCUT2D eigenvalue weighted by molar-refractivity contribution is 5.68. The molecule has 2 aromatic heterocycles. The molecule has 0 saturated heterocycles. The normalized spacial score (nSPS) is 10.3. The summed E-state index contributed by atoms with van der Waals surface area (Å²) in [7, 11) is 0. The van der Waals surface area contributed by atoms with Gasteiger partial charge < -0.3 is 4.52 Å². The maximum Gasteiger partial charge on any atom is 0.322 e. The van der Waals surface area contributed by atoms with E-state index in [1.54, 1.807) is 0 Å². The first-order chi connectivity index (χ1) is 5.77. The van der Waals surface area contributed by atoms with Crippen LogP contribution in [0.5, 0.6) is 0 Å². The van der Waals surface area contributed by atoms with Gasteiger partial charge in [-0.25, -0.2) is 5.10 Å². The van der Waals surface area contributed by atoms with E-state index in [0.717, 1.165) is 6.07 Å². The zero-order valence-corrected chi connectivity index (χ0v) is 5.64. The van der Waals surface area contributed by atoms with Crippen LogP contribution in [-0.2, 0) is 0 Å². The first-order valence-corrected chi connectivity index (χ1v) is 2.99. The molecule has 60 valence electrons. The average molecular weight is 166 g/mol. The lowest BCUT2D eigenvalue weighted by Crippen LogP contribution is -2.14. The minimum absolute atomic E-state index is 0.0266. The molecule has 0 spiro atoms. The predicted molar refractivity (Wildman–Crippen MR) is 36.5 cm³/mol. The molecule has 0 aliphatic rings. The summed E-state index contributed by atoms with van der Waals surface area (Å²) in [6.07, 6.45) is 0. The Morgan fingerprint density at radius 2 is 2.25 bits per heavy atom. The van der Waals surface area contributed by atoms with Gasteiger partial charge in [-0.05, 0) is 0 Å². The maximum absolute atomic E-state index is 10.9. The second kappa shape index (κ2) is 2.22. The molecule has 7 nitrogen and oxygen atoms in total. The average Bonchev–Trinajstić information content (AvgIpc) is 2.04. The predicted octanol–water partition coefficient (Wildman–Crippen LogP) is -1.33. The minimum atomic E-state index is -0.632. The monoisotopic (exact) mass is 166 g/mol. The molecule has 0 aromatic carbocycles. The lowest BCUT2D eigenvalue weighted by atomic mass is 10.4. The van der Waals surface area contributed by atoms with Gasteiger partial charge in [-0.3, -0.25) is 9.59 Å². The summed E-state index contributed by atoms with van der Waals surface area (Å²) in [5.41, 5.74) is -1.10. The topological polar surface area (TPSA) is 102 Å². The third-order valence-corrected chi connectivity index (χ3v) is 1.25. The summed E-state index contributed by atoms with van der Waals surface area (Å²) >= 11 is 0. The van der Waals surface area contributed by atoms with Crippen LogP contribution < -0.4 is 11.1 Å². The number of H-pyrrole nitrogens is 1. The lowest BCUT2D eigenvalue weighted by Gasteiger charge is -1.87. The molecule has 0 amide bonds. The summed E-state index contributed by atoms with van der Waals surface area (Å²) in [5.74, 6) is 0. The molecule has 0 bridgehead atoms. The molecule has 2 heterocycles. The van der Waals surface area contributed by atoms with E-state index in [1.807, 2.05) is 0 Å². The van der Waals surface area contributed by atoms with Crippen molar-refractivity contribution in [2.24, 2.45) is 0 Å². The highest BCUT2D eigenvalue weighted by atomic mass is 16.5. The fraction of sp³-hybridized carbons (Fsp3) is 0. The largest absolute Gasteiger partial charge is 0.336 e. The van der Waals surface area contributed by atoms with Crippen molar-refractivity contribution < 1.29 is 4.52 Å². The second-order valence-electron chi connectivity index (χ2n) is 2.02. The summed E-state index contributed by atoms with van der Waals surface area (Å²) in [6.45, 7) is 0. The van der Waals surface area contributed by atoms with Crippen LogP contribution in [0.25, 0.3) is 11.1 Å². The van der Waals surface area contributed by atoms with Crippen molar-refractivity contribution >= 4 is 11.1 Å². The molecule has 0 fully saturated rings. The minimum Gasteiger partial charge on any atom is -0.336 e. The third kappa shape index (κ3) is 0.875. The summed E-state index contributed by atoms with van der Waals surface area (Å²) in [5, 5.41) is 11.6. The van der Waals surface area contributed by atoms with Crippen molar-refractivity contribution in [3.63, 3.8) is 0 Å². The van der Waals surface area contributed by atoms with Gasteiger partial charge in [0.1, 0.15) is 0 Å². The number of fused-ring (bicyclic) bond motifs is 1. The van der Waals surface area contributed by atoms with Crippen molar-refractivity contribution in [1.29, 1.82) is 0 Å². The SMILES string of the molecule is O=c1cc2onnc(=O)c2n[nH]1. The van der Waals surface area contributed by atoms with E-state index in [1.165, 1.54) is 0 Å². The summed E-state index contributed by atoms with van der Waals surface area (Å²) in [4.78, 5) is 21.5. The number of aromatic amines is 1. The highest BCUT2D eigenvalue weighted by Crippen LogP contribution is 1.96. The van der Waals surface area contributed by atoms with Crippen molar-refractivity contribution in [1.82, 2.24) is 20.6 Å². The maximum atomic E-state index is 10.9. The summed E-state index contributed by atoms with van der Waals surface area (Å²) in [6, 6.07) is 1.08. The van der Waals surface area contributed by atoms with Gasteiger partial charge in [-0.15, -0.1) is 0 Å². The van der Waals surface area contributed by atoms with Gasteiger partial charge >= 0.3 is 5.56 Å². The van der Waals surface area contributed by atoms with E-state index < -0.39 is 11.1 Å². The van der Waals surface area contributed by atoms with Crippen molar-refractivity contribution in [2.75, 3.05) is 0 Å². The molecule has 12 heavy (non-hydrogen) atoms. The molecule has 0 atom stereocenters. The van der Waals surface area contributed by atoms with Crippen LogP contribution in [0, 0.1) is 0 Å². The van der Waals surface area contributed by atoms with E-state index in [-0.39, 0.29) is 11.1 Å². The second-order valence-corrected chi connectivity index (χ2v) is 2.02. The summed E-state index contributed by atoms with van der Waals surface area (Å²) < 4.78 is 4.53. The fourth-order valence-corrected chi connectivity index (χ4v) is 0.757. The van der Waals surface area contributed by atoms with Gasteiger partial charge in [0.05, 0.1) is 6.07 Å². The van der Waals surface area contributed by atoms with Crippen LogP contribution >= 0.6 is 0 Å². The molecular weight excluding hydrogens is 164 g/mol. The van der Waals surface area contributed by atoms with Crippen LogP contribution in [-0.4, -0.2) is 20.6 Å². The molecule has 0 radical (unpaired) electrons. The van der Waals surface area contributed by atoms with Crippen LogP contribution in [0.15, 0.2) is 20.2 Å². The zero-order chi connectivity index (χ0) is 8.55. The lowest BCUT2D eigenvalue weighted by molar-refractivity contribution is 0.393. The molecule has 0 unspecified atom stereocenters. The quantitative estimate of drug-likeness (QED) is 0.520. The Hall–Kier alpha value is -2.05. The Bertz CT molecular complexity index is 528. The van der Waals surface area contributed by atoms with Crippen molar-refractivity contribution in [3.05, 3.63) is 26.8 Å². The number of hydrogen-bond donors (Lipinski definition) is 1. The number of nitrogens with zero attached hydrogens (tertiary/aromatic N) is 3. The van der Waals surface area contributed by atoms with Crippen LogP contribution in [0.1, 0.15) is 0 Å². The van der Waals surface area contributed by atoms with Crippen LogP contribution in [0.2, 0.25) is 0 Å². The molecule has 0 saturated carbocycles. The molecular formula is C5H2N4O3. The van der Waals surface area contributed by atoms with Crippen molar-refractivity contribution in [3.8, 4) is 0 Å². The van der Waals surface area contributed by atoms with E-state index in [0.29, 0.717) is 0 Å². The van der Waals surface area contributed by atoms with Gasteiger partial charge in [0.2, 0.25) is 0 Å². The van der Waals surface area contributed by atoms with Gasteiger partial charge in [-0.2, -0.15) is 5.10 Å². The van der Waals surface area contributed by atoms with Crippen molar-refractivity contribution in [2.45, 2.75) is 0 Å². The number of aromatic nitrogens is 4. The Balaban J connectivity index is 3.06. The first kappa shape index (κ1) is 6.65. The van der Waals surface area contributed by atoms with E-state index in [9.17, 15) is 9.59 Å². The standard InChI is InChI=1S/C5H2N4O3/c10-3-1-2-4(7-6-3)5(11)8-9-12-2/h1H,(H,6,10). The van der Waals surface area contributed by atoms with E-state index in [2.05, 4.69) is 25.1 Å². The molecule has 1 N–H and O–H groups in total. The molecule has 0 aliphatic heterocycles. The van der Waals surface area contributed by atoms with Gasteiger partial charge in [0.25, 0.3) is 5.56 Å². The van der Waals surface area contributed by atoms with Gasteiger partial charge in [0, 0.05) is 5.27 Å². The zero-order valence-electron chi connectivity index (χ0n) is 5.64. The fourth-order valence-electron chi connectivity index (χ4n) is 0.757.